The zero-order valence-electron chi connectivity index (χ0n) is 15.1. The van der Waals surface area contributed by atoms with Crippen molar-refractivity contribution >= 4 is 11.8 Å². The number of nitrogens with zero attached hydrogens (tertiary/aromatic N) is 6. The second kappa shape index (κ2) is 9.12. The van der Waals surface area contributed by atoms with Gasteiger partial charge < -0.3 is 9.64 Å². The van der Waals surface area contributed by atoms with Gasteiger partial charge in [-0.15, -0.1) is 5.10 Å². The van der Waals surface area contributed by atoms with E-state index < -0.39 is 0 Å². The van der Waals surface area contributed by atoms with Crippen molar-refractivity contribution < 1.29 is 9.53 Å². The summed E-state index contributed by atoms with van der Waals surface area (Å²) in [6, 6.07) is -0.0867. The second-order valence-corrected chi connectivity index (χ2v) is 6.58. The van der Waals surface area contributed by atoms with Crippen molar-refractivity contribution in [3.05, 3.63) is 6.20 Å². The zero-order valence-corrected chi connectivity index (χ0v) is 15.1. The van der Waals surface area contributed by atoms with Crippen LogP contribution >= 0.6 is 0 Å². The van der Waals surface area contributed by atoms with Gasteiger partial charge in [-0.2, -0.15) is 0 Å². The van der Waals surface area contributed by atoms with E-state index in [9.17, 15) is 4.79 Å². The molecular formula is C16H29N7O2. The van der Waals surface area contributed by atoms with E-state index in [1.165, 1.54) is 0 Å². The Hall–Kier alpha value is -1.71. The van der Waals surface area contributed by atoms with Crippen LogP contribution in [0.3, 0.4) is 0 Å². The number of morpholine rings is 1. The van der Waals surface area contributed by atoms with Crippen molar-refractivity contribution in [3.63, 3.8) is 0 Å². The highest BCUT2D eigenvalue weighted by atomic mass is 16.5. The Morgan fingerprint density at radius 1 is 1.08 bits per heavy atom. The molecule has 0 radical (unpaired) electrons. The molecule has 1 aromatic heterocycles. The van der Waals surface area contributed by atoms with Gasteiger partial charge >= 0.3 is 6.03 Å². The van der Waals surface area contributed by atoms with Gasteiger partial charge in [0.05, 0.1) is 19.4 Å². The van der Waals surface area contributed by atoms with Crippen molar-refractivity contribution in [2.75, 3.05) is 70.9 Å². The molecule has 0 spiro atoms. The maximum atomic E-state index is 12.3. The summed E-state index contributed by atoms with van der Waals surface area (Å²) in [5, 5.41) is 10.8. The summed E-state index contributed by atoms with van der Waals surface area (Å²) in [5.74, 6) is 0.521. The topological polar surface area (TPSA) is 78.8 Å². The quantitative estimate of drug-likeness (QED) is 0.787. The monoisotopic (exact) mass is 351 g/mol. The molecule has 2 aliphatic heterocycles. The van der Waals surface area contributed by atoms with Crippen molar-refractivity contribution in [2.45, 2.75) is 19.9 Å². The standard InChI is InChI=1S/C16H29N7O2/c1-2-3-23-14-15(18-19-23)17-16(24)22-8-6-20(7-9-22)4-5-21-10-12-25-13-11-21/h14H,2-13H2,1H3,(H,17,24). The Morgan fingerprint density at radius 3 is 2.44 bits per heavy atom. The molecule has 2 saturated heterocycles. The molecule has 2 aliphatic rings. The molecule has 3 rings (SSSR count). The van der Waals surface area contributed by atoms with Crippen LogP contribution in [-0.4, -0.2) is 101 Å². The van der Waals surface area contributed by atoms with Crippen molar-refractivity contribution in [1.29, 1.82) is 0 Å². The Balaban J connectivity index is 1.36. The number of amides is 2. The van der Waals surface area contributed by atoms with Crippen LogP contribution in [0.25, 0.3) is 0 Å². The first-order valence-electron chi connectivity index (χ1n) is 9.23. The van der Waals surface area contributed by atoms with E-state index in [-0.39, 0.29) is 6.03 Å². The minimum atomic E-state index is -0.0867. The lowest BCUT2D eigenvalue weighted by atomic mass is 10.3. The highest BCUT2D eigenvalue weighted by molar-refractivity contribution is 5.88. The van der Waals surface area contributed by atoms with Gasteiger partial charge in [-0.25, -0.2) is 4.79 Å². The summed E-state index contributed by atoms with van der Waals surface area (Å²) in [6.07, 6.45) is 2.77. The van der Waals surface area contributed by atoms with Gasteiger partial charge in [0.2, 0.25) is 0 Å². The number of aromatic nitrogens is 3. The first kappa shape index (κ1) is 18.1. The summed E-state index contributed by atoms with van der Waals surface area (Å²) < 4.78 is 7.13. The van der Waals surface area contributed by atoms with Crippen LogP contribution in [0, 0.1) is 0 Å². The lowest BCUT2D eigenvalue weighted by Gasteiger charge is -2.36. The molecule has 0 aromatic carbocycles. The lowest BCUT2D eigenvalue weighted by Crippen LogP contribution is -2.51. The Labute approximate surface area is 148 Å². The van der Waals surface area contributed by atoms with Gasteiger partial charge in [0, 0.05) is 58.9 Å². The van der Waals surface area contributed by atoms with Crippen LogP contribution in [-0.2, 0) is 11.3 Å². The summed E-state index contributed by atoms with van der Waals surface area (Å²) in [7, 11) is 0. The number of carbonyl (C=O) groups excluding carboxylic acids is 1. The highest BCUT2D eigenvalue weighted by Crippen LogP contribution is 2.07. The smallest absolute Gasteiger partial charge is 0.323 e. The molecule has 9 heteroatoms. The van der Waals surface area contributed by atoms with E-state index in [2.05, 4.69) is 32.4 Å². The zero-order chi connectivity index (χ0) is 17.5. The molecule has 0 atom stereocenters. The number of anilines is 1. The van der Waals surface area contributed by atoms with Gasteiger partial charge in [-0.1, -0.05) is 12.1 Å². The van der Waals surface area contributed by atoms with E-state index in [1.807, 2.05) is 4.90 Å². The minimum Gasteiger partial charge on any atom is -0.379 e. The predicted octanol–water partition coefficient (Wildman–Crippen LogP) is 0.170. The molecule has 140 valence electrons. The van der Waals surface area contributed by atoms with E-state index >= 15 is 0 Å². The summed E-state index contributed by atoms with van der Waals surface area (Å²) in [5.41, 5.74) is 0. The number of carbonyl (C=O) groups is 1. The largest absolute Gasteiger partial charge is 0.379 e. The number of rotatable bonds is 6. The maximum absolute atomic E-state index is 12.3. The molecule has 0 saturated carbocycles. The highest BCUT2D eigenvalue weighted by Gasteiger charge is 2.22. The molecule has 25 heavy (non-hydrogen) atoms. The van der Waals surface area contributed by atoms with Crippen LogP contribution in [0.5, 0.6) is 0 Å². The van der Waals surface area contributed by atoms with E-state index in [4.69, 9.17) is 4.74 Å². The van der Waals surface area contributed by atoms with Crippen LogP contribution < -0.4 is 5.32 Å². The number of aryl methyl sites for hydroxylation is 1. The molecule has 1 N–H and O–H groups in total. The number of hydrogen-bond acceptors (Lipinski definition) is 6. The Kier molecular flexibility index (Phi) is 6.60. The summed E-state index contributed by atoms with van der Waals surface area (Å²) in [4.78, 5) is 19.1. The molecule has 1 aromatic rings. The van der Waals surface area contributed by atoms with E-state index in [1.54, 1.807) is 10.9 Å². The van der Waals surface area contributed by atoms with Crippen LogP contribution in [0.15, 0.2) is 6.20 Å². The van der Waals surface area contributed by atoms with Crippen LogP contribution in [0.2, 0.25) is 0 Å². The van der Waals surface area contributed by atoms with Gasteiger partial charge in [-0.3, -0.25) is 19.8 Å². The van der Waals surface area contributed by atoms with Crippen molar-refractivity contribution in [2.24, 2.45) is 0 Å². The van der Waals surface area contributed by atoms with Gasteiger partial charge in [0.15, 0.2) is 5.82 Å². The first-order chi connectivity index (χ1) is 12.2. The van der Waals surface area contributed by atoms with Gasteiger partial charge in [-0.05, 0) is 6.42 Å². The van der Waals surface area contributed by atoms with Gasteiger partial charge in [0.1, 0.15) is 0 Å². The van der Waals surface area contributed by atoms with Gasteiger partial charge in [0.25, 0.3) is 0 Å². The number of piperazine rings is 1. The maximum Gasteiger partial charge on any atom is 0.323 e. The third-order valence-corrected chi connectivity index (χ3v) is 4.72. The van der Waals surface area contributed by atoms with Crippen molar-refractivity contribution in [3.8, 4) is 0 Å². The fraction of sp³-hybridized carbons (Fsp3) is 0.812. The number of hydrogen-bond donors (Lipinski definition) is 1. The summed E-state index contributed by atoms with van der Waals surface area (Å²) >= 11 is 0. The number of urea groups is 1. The average Bonchev–Trinajstić information content (AvgIpc) is 3.08. The number of ether oxygens (including phenoxy) is 1. The van der Waals surface area contributed by atoms with Crippen molar-refractivity contribution in [1.82, 2.24) is 29.7 Å². The first-order valence-corrected chi connectivity index (χ1v) is 9.23. The molecule has 0 unspecified atom stereocenters. The Bertz CT molecular complexity index is 536. The minimum absolute atomic E-state index is 0.0867. The molecular weight excluding hydrogens is 322 g/mol. The molecule has 3 heterocycles. The van der Waals surface area contributed by atoms with Crippen LogP contribution in [0.4, 0.5) is 10.6 Å². The Morgan fingerprint density at radius 2 is 1.76 bits per heavy atom. The average molecular weight is 351 g/mol. The van der Waals surface area contributed by atoms with Crippen LogP contribution in [0.1, 0.15) is 13.3 Å². The molecule has 9 nitrogen and oxygen atoms in total. The third kappa shape index (κ3) is 5.38. The fourth-order valence-corrected chi connectivity index (χ4v) is 3.16. The molecule has 2 fully saturated rings. The summed E-state index contributed by atoms with van der Waals surface area (Å²) in [6.45, 7) is 12.1. The predicted molar refractivity (Wildman–Crippen MR) is 94.6 cm³/mol. The van der Waals surface area contributed by atoms with E-state index in [0.29, 0.717) is 5.82 Å². The molecule has 0 aliphatic carbocycles. The second-order valence-electron chi connectivity index (χ2n) is 6.58. The van der Waals surface area contributed by atoms with E-state index in [0.717, 1.165) is 78.5 Å². The number of nitrogens with one attached hydrogen (secondary N) is 1. The SMILES string of the molecule is CCCn1cc(NC(=O)N2CCN(CCN3CCOCC3)CC2)nn1. The molecule has 0 bridgehead atoms. The normalized spacial score (nSPS) is 20.0. The lowest BCUT2D eigenvalue weighted by molar-refractivity contribution is 0.0311. The molecule has 2 amide bonds. The fourth-order valence-electron chi connectivity index (χ4n) is 3.16. The third-order valence-electron chi connectivity index (χ3n) is 4.72.